The first-order valence-electron chi connectivity index (χ1n) is 10.8. The fourth-order valence-corrected chi connectivity index (χ4v) is 3.37. The average Bonchev–Trinajstić information content (AvgIpc) is 2.90. The van der Waals surface area contributed by atoms with E-state index < -0.39 is 0 Å². The van der Waals surface area contributed by atoms with Crippen molar-refractivity contribution in [2.24, 2.45) is 0 Å². The van der Waals surface area contributed by atoms with Crippen molar-refractivity contribution in [3.8, 4) is 28.7 Å². The molecular weight excluding hydrogens is 446 g/mol. The van der Waals surface area contributed by atoms with Crippen molar-refractivity contribution in [1.82, 2.24) is 0 Å². The smallest absolute Gasteiger partial charge is 0.248 e. The van der Waals surface area contributed by atoms with E-state index in [-0.39, 0.29) is 5.91 Å². The lowest BCUT2D eigenvalue weighted by Gasteiger charge is -2.13. The number of nitrogens with one attached hydrogen (secondary N) is 1. The van der Waals surface area contributed by atoms with Crippen molar-refractivity contribution in [2.45, 2.75) is 0 Å². The summed E-state index contributed by atoms with van der Waals surface area (Å²) < 4.78 is 26.8. The molecule has 0 fully saturated rings. The fraction of sp³-hybridized carbons (Fsp3) is 0.179. The van der Waals surface area contributed by atoms with Crippen LogP contribution in [0.4, 0.5) is 5.69 Å². The SMILES string of the molecule is COc1ccc(/C=C/C(=O)Nc2ccc(/C=C/c3cc(OC)c(OC)c(OC)c3)cc2OC)cc1. The van der Waals surface area contributed by atoms with Crippen molar-refractivity contribution < 1.29 is 28.5 Å². The lowest BCUT2D eigenvalue weighted by molar-refractivity contribution is -0.111. The van der Waals surface area contributed by atoms with E-state index in [9.17, 15) is 4.79 Å². The minimum atomic E-state index is -0.264. The molecule has 0 bridgehead atoms. The molecule has 0 aromatic heterocycles. The topological polar surface area (TPSA) is 75.3 Å². The third kappa shape index (κ3) is 6.57. The number of ether oxygens (including phenoxy) is 5. The zero-order valence-corrected chi connectivity index (χ0v) is 20.5. The van der Waals surface area contributed by atoms with Crippen LogP contribution < -0.4 is 29.0 Å². The van der Waals surface area contributed by atoms with E-state index in [2.05, 4.69) is 5.32 Å². The number of methoxy groups -OCH3 is 5. The highest BCUT2D eigenvalue weighted by Crippen LogP contribution is 2.38. The van der Waals surface area contributed by atoms with Gasteiger partial charge in [0.15, 0.2) is 11.5 Å². The Labute approximate surface area is 205 Å². The Bertz CT molecular complexity index is 1190. The predicted octanol–water partition coefficient (Wildman–Crippen LogP) is 5.55. The highest BCUT2D eigenvalue weighted by molar-refractivity contribution is 6.02. The molecule has 0 spiro atoms. The molecule has 0 atom stereocenters. The second-order valence-corrected chi connectivity index (χ2v) is 7.35. The van der Waals surface area contributed by atoms with Gasteiger partial charge in [0.2, 0.25) is 11.7 Å². The van der Waals surface area contributed by atoms with Gasteiger partial charge in [-0.05, 0) is 59.2 Å². The third-order valence-electron chi connectivity index (χ3n) is 5.18. The number of hydrogen-bond donors (Lipinski definition) is 1. The zero-order valence-electron chi connectivity index (χ0n) is 20.5. The van der Waals surface area contributed by atoms with Crippen LogP contribution in [-0.2, 0) is 4.79 Å². The minimum Gasteiger partial charge on any atom is -0.497 e. The van der Waals surface area contributed by atoms with Crippen LogP contribution in [0.2, 0.25) is 0 Å². The van der Waals surface area contributed by atoms with Gasteiger partial charge in [-0.15, -0.1) is 0 Å². The van der Waals surface area contributed by atoms with E-state index in [0.29, 0.717) is 28.7 Å². The first-order valence-corrected chi connectivity index (χ1v) is 10.8. The van der Waals surface area contributed by atoms with Crippen LogP contribution in [0.3, 0.4) is 0 Å². The molecule has 0 saturated carbocycles. The van der Waals surface area contributed by atoms with Crippen LogP contribution in [0.1, 0.15) is 16.7 Å². The molecule has 3 aromatic carbocycles. The number of benzene rings is 3. The molecule has 182 valence electrons. The largest absolute Gasteiger partial charge is 0.497 e. The fourth-order valence-electron chi connectivity index (χ4n) is 3.37. The molecule has 0 aliphatic heterocycles. The van der Waals surface area contributed by atoms with Crippen molar-refractivity contribution in [3.63, 3.8) is 0 Å². The van der Waals surface area contributed by atoms with E-state index in [1.165, 1.54) is 6.08 Å². The Morgan fingerprint density at radius 2 is 1.20 bits per heavy atom. The van der Waals surface area contributed by atoms with Crippen LogP contribution >= 0.6 is 0 Å². The Balaban J connectivity index is 1.73. The summed E-state index contributed by atoms with van der Waals surface area (Å²) in [6.07, 6.45) is 7.06. The number of carbonyl (C=O) groups excluding carboxylic acids is 1. The summed E-state index contributed by atoms with van der Waals surface area (Å²) in [4.78, 5) is 12.4. The molecule has 0 heterocycles. The van der Waals surface area contributed by atoms with E-state index in [1.807, 2.05) is 60.7 Å². The number of amides is 1. The van der Waals surface area contributed by atoms with E-state index >= 15 is 0 Å². The summed E-state index contributed by atoms with van der Waals surface area (Å²) in [6, 6.07) is 16.7. The molecule has 0 unspecified atom stereocenters. The molecule has 0 aliphatic carbocycles. The summed E-state index contributed by atoms with van der Waals surface area (Å²) >= 11 is 0. The summed E-state index contributed by atoms with van der Waals surface area (Å²) in [5, 5.41) is 2.85. The van der Waals surface area contributed by atoms with Gasteiger partial charge in [-0.25, -0.2) is 0 Å². The van der Waals surface area contributed by atoms with Gasteiger partial charge < -0.3 is 29.0 Å². The van der Waals surface area contributed by atoms with E-state index in [1.54, 1.807) is 47.7 Å². The maximum absolute atomic E-state index is 12.4. The van der Waals surface area contributed by atoms with Gasteiger partial charge in [0, 0.05) is 6.08 Å². The number of rotatable bonds is 10. The van der Waals surface area contributed by atoms with Crippen molar-refractivity contribution in [1.29, 1.82) is 0 Å². The predicted molar refractivity (Wildman–Crippen MR) is 139 cm³/mol. The molecule has 7 heteroatoms. The normalized spacial score (nSPS) is 10.9. The first kappa shape index (κ1) is 25.2. The average molecular weight is 476 g/mol. The van der Waals surface area contributed by atoms with Crippen molar-refractivity contribution in [2.75, 3.05) is 40.9 Å². The minimum absolute atomic E-state index is 0.264. The van der Waals surface area contributed by atoms with Crippen LogP contribution in [-0.4, -0.2) is 41.5 Å². The molecule has 7 nitrogen and oxygen atoms in total. The van der Waals surface area contributed by atoms with Gasteiger partial charge in [0.05, 0.1) is 41.2 Å². The highest BCUT2D eigenvalue weighted by atomic mass is 16.5. The quantitative estimate of drug-likeness (QED) is 0.306. The summed E-state index contributed by atoms with van der Waals surface area (Å²) in [5.41, 5.74) is 3.23. The van der Waals surface area contributed by atoms with Gasteiger partial charge >= 0.3 is 0 Å². The zero-order chi connectivity index (χ0) is 25.2. The second kappa shape index (κ2) is 12.2. The van der Waals surface area contributed by atoms with Crippen LogP contribution in [0.25, 0.3) is 18.2 Å². The molecule has 1 N–H and O–H groups in total. The third-order valence-corrected chi connectivity index (χ3v) is 5.18. The number of hydrogen-bond acceptors (Lipinski definition) is 6. The number of anilines is 1. The van der Waals surface area contributed by atoms with Crippen molar-refractivity contribution in [3.05, 3.63) is 77.4 Å². The van der Waals surface area contributed by atoms with Gasteiger partial charge in [-0.2, -0.15) is 0 Å². The molecule has 0 saturated heterocycles. The molecule has 0 radical (unpaired) electrons. The maximum atomic E-state index is 12.4. The van der Waals surface area contributed by atoms with Crippen LogP contribution in [0.15, 0.2) is 60.7 Å². The Hall–Kier alpha value is -4.39. The van der Waals surface area contributed by atoms with Crippen LogP contribution in [0.5, 0.6) is 28.7 Å². The molecule has 3 rings (SSSR count). The van der Waals surface area contributed by atoms with E-state index in [0.717, 1.165) is 22.4 Å². The van der Waals surface area contributed by atoms with Gasteiger partial charge in [-0.3, -0.25) is 4.79 Å². The maximum Gasteiger partial charge on any atom is 0.248 e. The van der Waals surface area contributed by atoms with Gasteiger partial charge in [-0.1, -0.05) is 30.4 Å². The molecule has 3 aromatic rings. The molecule has 1 amide bonds. The number of carbonyl (C=O) groups is 1. The van der Waals surface area contributed by atoms with Crippen LogP contribution in [0, 0.1) is 0 Å². The van der Waals surface area contributed by atoms with Crippen molar-refractivity contribution >= 4 is 29.8 Å². The van der Waals surface area contributed by atoms with E-state index in [4.69, 9.17) is 23.7 Å². The first-order chi connectivity index (χ1) is 17.0. The Morgan fingerprint density at radius 3 is 1.77 bits per heavy atom. The standard InChI is InChI=1S/C28H29NO6/c1-31-22-12-8-19(9-13-22)11-15-27(30)29-23-14-10-20(16-24(23)32-2)6-7-21-17-25(33-3)28(35-5)26(18-21)34-4/h6-18H,1-5H3,(H,29,30)/b7-6+,15-11+. The van der Waals surface area contributed by atoms with Gasteiger partial charge in [0.25, 0.3) is 0 Å². The molecule has 35 heavy (non-hydrogen) atoms. The lowest BCUT2D eigenvalue weighted by atomic mass is 10.1. The molecule has 0 aliphatic rings. The summed E-state index contributed by atoms with van der Waals surface area (Å²) in [5.74, 6) is 2.73. The monoisotopic (exact) mass is 475 g/mol. The van der Waals surface area contributed by atoms with Gasteiger partial charge in [0.1, 0.15) is 11.5 Å². The Morgan fingerprint density at radius 1 is 0.629 bits per heavy atom. The Kier molecular flexibility index (Phi) is 8.78. The highest BCUT2D eigenvalue weighted by Gasteiger charge is 2.12. The second-order valence-electron chi connectivity index (χ2n) is 7.35. The molecular formula is C28H29NO6. The summed E-state index contributed by atoms with van der Waals surface area (Å²) in [6.45, 7) is 0. The lowest BCUT2D eigenvalue weighted by Crippen LogP contribution is -2.09. The summed E-state index contributed by atoms with van der Waals surface area (Å²) in [7, 11) is 7.89.